The summed E-state index contributed by atoms with van der Waals surface area (Å²) in [5.41, 5.74) is 0. The second-order valence-corrected chi connectivity index (χ2v) is 3.36. The first-order chi connectivity index (χ1) is 5.83. The summed E-state index contributed by atoms with van der Waals surface area (Å²) in [4.78, 5) is 8.78. The number of halogens is 1. The molecule has 2 aromatic rings. The highest BCUT2D eigenvalue weighted by atomic mass is 35.5. The lowest BCUT2D eigenvalue weighted by Gasteiger charge is -1.96. The van der Waals surface area contributed by atoms with Crippen LogP contribution in [0, 0.1) is 0 Å². The van der Waals surface area contributed by atoms with Gasteiger partial charge < -0.3 is 4.74 Å². The highest BCUT2D eigenvalue weighted by molar-refractivity contribution is 7.17. The minimum Gasteiger partial charge on any atom is -0.495 e. The molecule has 62 valence electrons. The first-order valence-corrected chi connectivity index (χ1v) is 4.50. The molecule has 0 amide bonds. The van der Waals surface area contributed by atoms with Crippen LogP contribution in [-0.2, 0) is 0 Å². The second-order valence-electron chi connectivity index (χ2n) is 2.15. The summed E-state index contributed by atoms with van der Waals surface area (Å²) in [6.07, 6.45) is 1.45. The van der Waals surface area contributed by atoms with Crippen LogP contribution in [-0.4, -0.2) is 17.1 Å². The lowest BCUT2D eigenvalue weighted by molar-refractivity contribution is 0.421. The molecule has 2 heterocycles. The van der Waals surface area contributed by atoms with E-state index in [4.69, 9.17) is 16.3 Å². The largest absolute Gasteiger partial charge is 0.495 e. The lowest BCUT2D eigenvalue weighted by Crippen LogP contribution is -1.83. The molecule has 0 radical (unpaired) electrons. The smallest absolute Gasteiger partial charge is 0.144 e. The van der Waals surface area contributed by atoms with Crippen molar-refractivity contribution in [2.75, 3.05) is 7.11 Å². The van der Waals surface area contributed by atoms with Gasteiger partial charge in [0.1, 0.15) is 22.1 Å². The van der Waals surface area contributed by atoms with Crippen molar-refractivity contribution < 1.29 is 4.74 Å². The molecule has 0 fully saturated rings. The van der Waals surface area contributed by atoms with Crippen LogP contribution >= 0.6 is 22.9 Å². The third kappa shape index (κ3) is 1.04. The quantitative estimate of drug-likeness (QED) is 0.663. The van der Waals surface area contributed by atoms with E-state index in [1.54, 1.807) is 7.11 Å². The minimum absolute atomic E-state index is 0.443. The Morgan fingerprint density at radius 3 is 3.08 bits per heavy atom. The maximum atomic E-state index is 5.86. The Bertz CT molecular complexity index is 415. The molecule has 0 aliphatic heterocycles. The molecule has 0 saturated carbocycles. The van der Waals surface area contributed by atoms with Gasteiger partial charge in [-0.1, -0.05) is 11.6 Å². The summed E-state index contributed by atoms with van der Waals surface area (Å²) in [5.74, 6) is 0.737. The van der Waals surface area contributed by atoms with E-state index in [1.165, 1.54) is 17.7 Å². The molecule has 2 rings (SSSR count). The summed E-state index contributed by atoms with van der Waals surface area (Å²) in [7, 11) is 1.60. The fourth-order valence-corrected chi connectivity index (χ4v) is 2.10. The van der Waals surface area contributed by atoms with Gasteiger partial charge in [-0.25, -0.2) is 9.97 Å². The summed E-state index contributed by atoms with van der Waals surface area (Å²) in [6.45, 7) is 0. The molecule has 0 unspecified atom stereocenters. The predicted molar refractivity (Wildman–Crippen MR) is 49.0 cm³/mol. The normalized spacial score (nSPS) is 10.5. The molecule has 0 aliphatic carbocycles. The van der Waals surface area contributed by atoms with Crippen molar-refractivity contribution in [2.24, 2.45) is 0 Å². The van der Waals surface area contributed by atoms with Crippen LogP contribution in [0.4, 0.5) is 0 Å². The minimum atomic E-state index is 0.443. The number of aromatic nitrogens is 2. The molecule has 0 N–H and O–H groups in total. The second kappa shape index (κ2) is 2.88. The zero-order chi connectivity index (χ0) is 8.55. The average molecular weight is 201 g/mol. The van der Waals surface area contributed by atoms with Gasteiger partial charge in [-0.05, 0) is 0 Å². The average Bonchev–Trinajstić information content (AvgIpc) is 2.49. The Hall–Kier alpha value is -0.870. The number of fused-ring (bicyclic) bond motifs is 1. The fourth-order valence-electron chi connectivity index (χ4n) is 0.964. The van der Waals surface area contributed by atoms with E-state index < -0.39 is 0 Å². The number of hydrogen-bond acceptors (Lipinski definition) is 4. The number of thiophene rings is 1. The molecule has 0 bridgehead atoms. The Balaban J connectivity index is 2.83. The van der Waals surface area contributed by atoms with E-state index in [0.29, 0.717) is 5.15 Å². The van der Waals surface area contributed by atoms with Gasteiger partial charge >= 0.3 is 0 Å². The van der Waals surface area contributed by atoms with Crippen molar-refractivity contribution >= 4 is 33.2 Å². The van der Waals surface area contributed by atoms with Crippen molar-refractivity contribution in [1.29, 1.82) is 0 Å². The molecule has 5 heteroatoms. The standard InChI is InChI=1S/C7H5ClN2OS/c1-11-4-2-12-7-5(4)6(8)9-3-10-7/h2-3H,1H3. The highest BCUT2D eigenvalue weighted by Crippen LogP contribution is 2.34. The third-order valence-electron chi connectivity index (χ3n) is 1.51. The zero-order valence-electron chi connectivity index (χ0n) is 6.24. The number of methoxy groups -OCH3 is 1. The Morgan fingerprint density at radius 2 is 2.33 bits per heavy atom. The Kier molecular flexibility index (Phi) is 1.86. The van der Waals surface area contributed by atoms with Gasteiger partial charge in [0.2, 0.25) is 0 Å². The van der Waals surface area contributed by atoms with Crippen LogP contribution in [0.25, 0.3) is 10.2 Å². The number of rotatable bonds is 1. The molecule has 0 saturated heterocycles. The van der Waals surface area contributed by atoms with E-state index in [9.17, 15) is 0 Å². The van der Waals surface area contributed by atoms with E-state index in [1.807, 2.05) is 5.38 Å². The Labute approximate surface area is 78.0 Å². The first kappa shape index (κ1) is 7.76. The van der Waals surface area contributed by atoms with Gasteiger partial charge in [0.15, 0.2) is 0 Å². The Morgan fingerprint density at radius 1 is 1.50 bits per heavy atom. The maximum Gasteiger partial charge on any atom is 0.144 e. The van der Waals surface area contributed by atoms with Crippen LogP contribution in [0.2, 0.25) is 5.15 Å². The van der Waals surface area contributed by atoms with E-state index in [0.717, 1.165) is 16.0 Å². The SMILES string of the molecule is COc1csc2ncnc(Cl)c12. The summed E-state index contributed by atoms with van der Waals surface area (Å²) >= 11 is 7.35. The van der Waals surface area contributed by atoms with E-state index >= 15 is 0 Å². The third-order valence-corrected chi connectivity index (χ3v) is 2.66. The van der Waals surface area contributed by atoms with Gasteiger partial charge in [0.05, 0.1) is 12.5 Å². The predicted octanol–water partition coefficient (Wildman–Crippen LogP) is 2.35. The van der Waals surface area contributed by atoms with Crippen molar-refractivity contribution in [3.8, 4) is 5.75 Å². The molecular formula is C7H5ClN2OS. The van der Waals surface area contributed by atoms with Crippen LogP contribution in [0.1, 0.15) is 0 Å². The molecular weight excluding hydrogens is 196 g/mol. The molecule has 2 aromatic heterocycles. The van der Waals surface area contributed by atoms with E-state index in [2.05, 4.69) is 9.97 Å². The van der Waals surface area contributed by atoms with Crippen molar-refractivity contribution in [2.45, 2.75) is 0 Å². The van der Waals surface area contributed by atoms with Crippen LogP contribution in [0.3, 0.4) is 0 Å². The first-order valence-electron chi connectivity index (χ1n) is 3.24. The summed E-state index contributed by atoms with van der Waals surface area (Å²) < 4.78 is 5.09. The maximum absolute atomic E-state index is 5.86. The monoisotopic (exact) mass is 200 g/mol. The van der Waals surface area contributed by atoms with Gasteiger partial charge in [0, 0.05) is 5.38 Å². The van der Waals surface area contributed by atoms with Crippen molar-refractivity contribution in [3.63, 3.8) is 0 Å². The molecule has 0 atom stereocenters. The number of ether oxygens (including phenoxy) is 1. The van der Waals surface area contributed by atoms with Gasteiger partial charge in [-0.15, -0.1) is 11.3 Å². The van der Waals surface area contributed by atoms with Crippen LogP contribution < -0.4 is 4.74 Å². The molecule has 0 aliphatic rings. The summed E-state index contributed by atoms with van der Waals surface area (Å²) in [5, 5.41) is 3.11. The van der Waals surface area contributed by atoms with Gasteiger partial charge in [-0.2, -0.15) is 0 Å². The van der Waals surface area contributed by atoms with Crippen LogP contribution in [0.15, 0.2) is 11.7 Å². The molecule has 3 nitrogen and oxygen atoms in total. The fraction of sp³-hybridized carbons (Fsp3) is 0.143. The molecule has 0 spiro atoms. The van der Waals surface area contributed by atoms with Crippen LogP contribution in [0.5, 0.6) is 5.75 Å². The highest BCUT2D eigenvalue weighted by Gasteiger charge is 2.09. The summed E-state index contributed by atoms with van der Waals surface area (Å²) in [6, 6.07) is 0. The molecule has 12 heavy (non-hydrogen) atoms. The van der Waals surface area contributed by atoms with Gasteiger partial charge in [0.25, 0.3) is 0 Å². The molecule has 0 aromatic carbocycles. The van der Waals surface area contributed by atoms with Gasteiger partial charge in [-0.3, -0.25) is 0 Å². The topological polar surface area (TPSA) is 35.0 Å². The van der Waals surface area contributed by atoms with Crippen molar-refractivity contribution in [3.05, 3.63) is 16.9 Å². The number of hydrogen-bond donors (Lipinski definition) is 0. The lowest BCUT2D eigenvalue weighted by atomic mass is 10.4. The number of nitrogens with zero attached hydrogens (tertiary/aromatic N) is 2. The zero-order valence-corrected chi connectivity index (χ0v) is 7.82. The van der Waals surface area contributed by atoms with Crippen molar-refractivity contribution in [1.82, 2.24) is 9.97 Å². The van der Waals surface area contributed by atoms with E-state index in [-0.39, 0.29) is 0 Å².